The number of hydrogen-bond acceptors (Lipinski definition) is 4. The zero-order valence-electron chi connectivity index (χ0n) is 12.9. The number of hydrogen-bond donors (Lipinski definition) is 3. The summed E-state index contributed by atoms with van der Waals surface area (Å²) >= 11 is 6.40. The van der Waals surface area contributed by atoms with Crippen LogP contribution in [0.2, 0.25) is 5.02 Å². The fourth-order valence-electron chi connectivity index (χ4n) is 2.32. The molecule has 0 aliphatic rings. The first-order chi connectivity index (χ1) is 10.7. The van der Waals surface area contributed by atoms with Crippen molar-refractivity contribution in [2.75, 3.05) is 0 Å². The van der Waals surface area contributed by atoms with Crippen LogP contribution < -0.4 is 40.6 Å². The molecule has 0 atom stereocenters. The molecule has 7 heteroatoms. The van der Waals surface area contributed by atoms with Crippen LogP contribution in [-0.4, -0.2) is 15.0 Å². The first-order valence-electron chi connectivity index (χ1n) is 6.78. The van der Waals surface area contributed by atoms with Crippen LogP contribution in [0.5, 0.6) is 0 Å². The third kappa shape index (κ3) is 3.94. The minimum absolute atomic E-state index is 0. The monoisotopic (exact) mass is 335 g/mol. The van der Waals surface area contributed by atoms with Gasteiger partial charge in [0.05, 0.1) is 16.4 Å². The first kappa shape index (κ1) is 18.0. The van der Waals surface area contributed by atoms with Crippen molar-refractivity contribution in [3.8, 4) is 11.3 Å². The number of aromatic amines is 1. The molecule has 0 aliphatic heterocycles. The van der Waals surface area contributed by atoms with Gasteiger partial charge in [0.1, 0.15) is 6.33 Å². The maximum absolute atomic E-state index is 6.40. The van der Waals surface area contributed by atoms with E-state index in [0.29, 0.717) is 18.1 Å². The number of H-pyrrole nitrogens is 1. The molecule has 3 rings (SSSR count). The molecule has 5 nitrogen and oxygen atoms in total. The van der Waals surface area contributed by atoms with Crippen molar-refractivity contribution in [1.82, 2.24) is 20.3 Å². The number of aromatic nitrogens is 3. The van der Waals surface area contributed by atoms with E-state index in [4.69, 9.17) is 17.3 Å². The summed E-state index contributed by atoms with van der Waals surface area (Å²) in [6.45, 7) is 4.52. The Hall–Kier alpha value is -1.37. The Balaban J connectivity index is 0.00000192. The SMILES string of the molecule is C=[C-]NCc1cc2cc(Cl)c(-c3cc(CN)ncn3)cc2[nH]1.[Na+]. The predicted molar refractivity (Wildman–Crippen MR) is 87.9 cm³/mol. The van der Waals surface area contributed by atoms with Crippen molar-refractivity contribution < 1.29 is 29.6 Å². The van der Waals surface area contributed by atoms with Gasteiger partial charge in [0.15, 0.2) is 0 Å². The molecule has 2 aromatic heterocycles. The molecule has 0 amide bonds. The van der Waals surface area contributed by atoms with E-state index in [0.717, 1.165) is 33.5 Å². The number of halogens is 1. The van der Waals surface area contributed by atoms with Gasteiger partial charge in [0.25, 0.3) is 0 Å². The molecule has 0 fully saturated rings. The van der Waals surface area contributed by atoms with Crippen LogP contribution in [0.3, 0.4) is 0 Å². The van der Waals surface area contributed by atoms with E-state index in [2.05, 4.69) is 33.0 Å². The number of nitrogens with zero attached hydrogens (tertiary/aromatic N) is 2. The second kappa shape index (κ2) is 7.95. The van der Waals surface area contributed by atoms with E-state index in [1.54, 1.807) is 0 Å². The summed E-state index contributed by atoms with van der Waals surface area (Å²) in [5.41, 5.74) is 10.0. The molecule has 0 radical (unpaired) electrons. The van der Waals surface area contributed by atoms with Crippen molar-refractivity contribution >= 4 is 22.5 Å². The quantitative estimate of drug-likeness (QED) is 0.342. The van der Waals surface area contributed by atoms with E-state index < -0.39 is 0 Å². The zero-order valence-corrected chi connectivity index (χ0v) is 15.6. The molecule has 112 valence electrons. The van der Waals surface area contributed by atoms with Gasteiger partial charge < -0.3 is 22.2 Å². The third-order valence-electron chi connectivity index (χ3n) is 3.38. The van der Waals surface area contributed by atoms with Crippen LogP contribution in [0.25, 0.3) is 22.2 Å². The van der Waals surface area contributed by atoms with Gasteiger partial charge in [0.2, 0.25) is 0 Å². The third-order valence-corrected chi connectivity index (χ3v) is 3.69. The van der Waals surface area contributed by atoms with Crippen molar-refractivity contribution in [2.24, 2.45) is 5.73 Å². The number of rotatable bonds is 5. The Bertz CT molecular complexity index is 830. The predicted octanol–water partition coefficient (Wildman–Crippen LogP) is -0.223. The Kier molecular flexibility index (Phi) is 6.21. The van der Waals surface area contributed by atoms with Crippen LogP contribution in [0.15, 0.2) is 37.2 Å². The van der Waals surface area contributed by atoms with Gasteiger partial charge >= 0.3 is 29.6 Å². The number of nitrogens with one attached hydrogen (secondary N) is 2. The summed E-state index contributed by atoms with van der Waals surface area (Å²) in [5, 5.41) is 4.63. The van der Waals surface area contributed by atoms with Gasteiger partial charge in [-0.15, -0.1) is 0 Å². The Labute approximate surface area is 161 Å². The molecule has 0 unspecified atom stereocenters. The van der Waals surface area contributed by atoms with Crippen LogP contribution in [0.1, 0.15) is 11.4 Å². The molecule has 4 N–H and O–H groups in total. The van der Waals surface area contributed by atoms with Crippen LogP contribution >= 0.6 is 11.6 Å². The van der Waals surface area contributed by atoms with E-state index in [1.165, 1.54) is 6.33 Å². The standard InChI is InChI=1S/C16H15ClN5.Na/c1-2-19-8-12-3-10-4-14(17)13(6-15(10)22-12)16-5-11(7-18)20-9-21-16;/h3-6,9,19,22H,1,7-8,18H2;/q-1;+1. The summed E-state index contributed by atoms with van der Waals surface area (Å²) in [6.07, 6.45) is 4.15. The second-order valence-electron chi connectivity index (χ2n) is 4.84. The van der Waals surface area contributed by atoms with E-state index >= 15 is 0 Å². The summed E-state index contributed by atoms with van der Waals surface area (Å²) < 4.78 is 0. The topological polar surface area (TPSA) is 79.6 Å². The largest absolute Gasteiger partial charge is 1.00 e. The summed E-state index contributed by atoms with van der Waals surface area (Å²) in [7, 11) is 0. The van der Waals surface area contributed by atoms with Crippen molar-refractivity contribution in [3.05, 3.63) is 59.8 Å². The fourth-order valence-corrected chi connectivity index (χ4v) is 2.59. The van der Waals surface area contributed by atoms with E-state index in [9.17, 15) is 0 Å². The van der Waals surface area contributed by atoms with Crippen LogP contribution in [0.4, 0.5) is 0 Å². The minimum atomic E-state index is 0. The molecule has 0 aliphatic carbocycles. The van der Waals surface area contributed by atoms with Gasteiger partial charge in [-0.1, -0.05) is 11.6 Å². The molecular weight excluding hydrogens is 321 g/mol. The molecule has 23 heavy (non-hydrogen) atoms. The molecule has 3 aromatic rings. The maximum Gasteiger partial charge on any atom is 1.00 e. The fraction of sp³-hybridized carbons (Fsp3) is 0.125. The van der Waals surface area contributed by atoms with Crippen molar-refractivity contribution in [1.29, 1.82) is 0 Å². The van der Waals surface area contributed by atoms with Crippen molar-refractivity contribution in [2.45, 2.75) is 13.1 Å². The normalized spacial score (nSPS) is 10.3. The number of fused-ring (bicyclic) bond motifs is 1. The van der Waals surface area contributed by atoms with Crippen molar-refractivity contribution in [3.63, 3.8) is 0 Å². The molecule has 1 aromatic carbocycles. The Morgan fingerprint density at radius 2 is 2.09 bits per heavy atom. The first-order valence-corrected chi connectivity index (χ1v) is 7.16. The van der Waals surface area contributed by atoms with Gasteiger partial charge in [-0.2, -0.15) is 0 Å². The molecule has 0 bridgehead atoms. The summed E-state index contributed by atoms with van der Waals surface area (Å²) in [6, 6.07) is 7.81. The smallest absolute Gasteiger partial charge is 0.563 e. The molecule has 0 spiro atoms. The number of nitrogens with two attached hydrogens (primary N) is 1. The Morgan fingerprint density at radius 3 is 2.83 bits per heavy atom. The molecule has 0 saturated carbocycles. The maximum atomic E-state index is 6.40. The average molecular weight is 336 g/mol. The average Bonchev–Trinajstić information content (AvgIpc) is 2.93. The Morgan fingerprint density at radius 1 is 1.26 bits per heavy atom. The summed E-state index contributed by atoms with van der Waals surface area (Å²) in [4.78, 5) is 11.7. The van der Waals surface area contributed by atoms with E-state index in [1.807, 2.05) is 24.3 Å². The van der Waals surface area contributed by atoms with Gasteiger partial charge in [0, 0.05) is 35.2 Å². The zero-order chi connectivity index (χ0) is 15.5. The number of benzene rings is 1. The molecule has 2 heterocycles. The van der Waals surface area contributed by atoms with Gasteiger partial charge in [-0.05, 0) is 24.3 Å². The second-order valence-corrected chi connectivity index (χ2v) is 5.25. The van der Waals surface area contributed by atoms with Gasteiger partial charge in [-0.3, -0.25) is 6.58 Å². The molecule has 0 saturated heterocycles. The van der Waals surface area contributed by atoms with E-state index in [-0.39, 0.29) is 29.6 Å². The summed E-state index contributed by atoms with van der Waals surface area (Å²) in [5.74, 6) is 0. The van der Waals surface area contributed by atoms with Crippen LogP contribution in [-0.2, 0) is 13.1 Å². The van der Waals surface area contributed by atoms with Gasteiger partial charge in [-0.25, -0.2) is 9.97 Å². The molecular formula is C16H15ClN5Na. The van der Waals surface area contributed by atoms with Crippen LogP contribution in [0, 0.1) is 6.20 Å². The minimum Gasteiger partial charge on any atom is -0.563 e.